The number of aliphatic imine (C=N–C) groups is 1. The predicted octanol–water partition coefficient (Wildman–Crippen LogP) is 4.36. The molecule has 0 bridgehead atoms. The van der Waals surface area contributed by atoms with E-state index in [-0.39, 0.29) is 5.76 Å². The fourth-order valence-electron chi connectivity index (χ4n) is 4.38. The molecule has 0 saturated carbocycles. The first-order valence-electron chi connectivity index (χ1n) is 11.3. The third-order valence-electron chi connectivity index (χ3n) is 6.65. The largest absolute Gasteiger partial charge is 0.486 e. The third kappa shape index (κ3) is 5.72. The van der Waals surface area contributed by atoms with Gasteiger partial charge in [0.1, 0.15) is 18.1 Å². The van der Waals surface area contributed by atoms with Crippen molar-refractivity contribution in [2.75, 3.05) is 33.9 Å². The minimum atomic E-state index is -4.42. The van der Waals surface area contributed by atoms with Crippen LogP contribution >= 0.6 is 0 Å². The van der Waals surface area contributed by atoms with Gasteiger partial charge >= 0.3 is 6.18 Å². The molecule has 2 atom stereocenters. The van der Waals surface area contributed by atoms with E-state index in [4.69, 9.17) is 9.47 Å². The van der Waals surface area contributed by atoms with Crippen LogP contribution in [0.1, 0.15) is 50.8 Å². The maximum absolute atomic E-state index is 12.9. The zero-order valence-corrected chi connectivity index (χ0v) is 19.8. The van der Waals surface area contributed by atoms with Gasteiger partial charge in [-0.1, -0.05) is 13.5 Å². The molecule has 1 aromatic heterocycles. The van der Waals surface area contributed by atoms with Gasteiger partial charge in [-0.2, -0.15) is 23.3 Å². The summed E-state index contributed by atoms with van der Waals surface area (Å²) < 4.78 is 50.0. The Morgan fingerprint density at radius 3 is 2.76 bits per heavy atom. The average Bonchev–Trinajstić information content (AvgIpc) is 3.45. The van der Waals surface area contributed by atoms with Crippen molar-refractivity contribution in [3.05, 3.63) is 35.5 Å². The van der Waals surface area contributed by atoms with Crippen LogP contribution in [0.2, 0.25) is 0 Å². The SMILES string of the molecule is C=Cc1[nH]ncc1CCC1(C)/C(=C(\CC)OCC(F)(F)F)N=C(OC[C@@H]2CCCN2C)N1C. The lowest BCUT2D eigenvalue weighted by molar-refractivity contribution is -0.165. The Morgan fingerprint density at radius 1 is 1.39 bits per heavy atom. The highest BCUT2D eigenvalue weighted by Crippen LogP contribution is 2.39. The first-order chi connectivity index (χ1) is 15.6. The first kappa shape index (κ1) is 25.1. The number of halogens is 3. The summed E-state index contributed by atoms with van der Waals surface area (Å²) >= 11 is 0. The van der Waals surface area contributed by atoms with E-state index in [1.165, 1.54) is 0 Å². The van der Waals surface area contributed by atoms with Gasteiger partial charge in [0.15, 0.2) is 6.61 Å². The molecule has 1 fully saturated rings. The van der Waals surface area contributed by atoms with Crippen molar-refractivity contribution in [3.63, 3.8) is 0 Å². The summed E-state index contributed by atoms with van der Waals surface area (Å²) in [5, 5.41) is 6.97. The van der Waals surface area contributed by atoms with E-state index < -0.39 is 18.3 Å². The van der Waals surface area contributed by atoms with Gasteiger partial charge < -0.3 is 19.3 Å². The number of H-pyrrole nitrogens is 1. The van der Waals surface area contributed by atoms with E-state index in [2.05, 4.69) is 33.7 Å². The van der Waals surface area contributed by atoms with E-state index in [0.29, 0.717) is 43.6 Å². The summed E-state index contributed by atoms with van der Waals surface area (Å²) in [5.74, 6) is 0.231. The number of nitrogens with zero attached hydrogens (tertiary/aromatic N) is 4. The Kier molecular flexibility index (Phi) is 7.76. The van der Waals surface area contributed by atoms with Crippen LogP contribution in [0.3, 0.4) is 0 Å². The number of aromatic nitrogens is 2. The standard InChI is InChI=1S/C23H34F3N5O2/c1-6-18-16(13-27-29-18)10-11-22(3)20(19(7-2)33-15-23(24,25)26)28-21(31(22)5)32-14-17-9-8-12-30(17)4/h6,13,17H,1,7-12,14-15H2,2-5H3,(H,27,29)/b20-19-/t17-,22?/m0/s1. The van der Waals surface area contributed by atoms with Gasteiger partial charge in [0.25, 0.3) is 6.02 Å². The summed E-state index contributed by atoms with van der Waals surface area (Å²) in [7, 11) is 3.93. The normalized spacial score (nSPS) is 25.4. The number of likely N-dealkylation sites (tertiary alicyclic amines) is 1. The number of aryl methyl sites for hydroxylation is 1. The van der Waals surface area contributed by atoms with Crippen molar-refractivity contribution in [2.45, 2.75) is 63.7 Å². The molecule has 33 heavy (non-hydrogen) atoms. The number of hydrogen-bond donors (Lipinski definition) is 1. The highest BCUT2D eigenvalue weighted by Gasteiger charge is 2.45. The van der Waals surface area contributed by atoms with Gasteiger partial charge in [0.05, 0.1) is 17.4 Å². The van der Waals surface area contributed by atoms with Crippen LogP contribution in [0, 0.1) is 0 Å². The van der Waals surface area contributed by atoms with E-state index in [0.717, 1.165) is 30.6 Å². The van der Waals surface area contributed by atoms with Gasteiger partial charge in [0.2, 0.25) is 0 Å². The number of alkyl halides is 3. The van der Waals surface area contributed by atoms with E-state index >= 15 is 0 Å². The summed E-state index contributed by atoms with van der Waals surface area (Å²) in [6.45, 7) is 7.69. The lowest BCUT2D eigenvalue weighted by Gasteiger charge is -2.35. The van der Waals surface area contributed by atoms with E-state index in [9.17, 15) is 13.2 Å². The molecule has 1 N–H and O–H groups in total. The molecule has 0 aromatic carbocycles. The van der Waals surface area contributed by atoms with Crippen LogP contribution in [0.15, 0.2) is 29.2 Å². The highest BCUT2D eigenvalue weighted by molar-refractivity contribution is 5.80. The number of amidine groups is 1. The van der Waals surface area contributed by atoms with Gasteiger partial charge in [-0.3, -0.25) is 5.10 Å². The topological polar surface area (TPSA) is 66.0 Å². The first-order valence-corrected chi connectivity index (χ1v) is 11.3. The van der Waals surface area contributed by atoms with Gasteiger partial charge in [-0.05, 0) is 57.8 Å². The van der Waals surface area contributed by atoms with Crippen LogP contribution in [0.25, 0.3) is 6.08 Å². The molecular weight excluding hydrogens is 435 g/mol. The molecule has 3 heterocycles. The second-order valence-electron chi connectivity index (χ2n) is 8.86. The Balaban J connectivity index is 1.86. The molecule has 0 spiro atoms. The monoisotopic (exact) mass is 469 g/mol. The van der Waals surface area contributed by atoms with Crippen LogP contribution in [-0.4, -0.2) is 77.6 Å². The Labute approximate surface area is 193 Å². The van der Waals surface area contributed by atoms with Crippen molar-refractivity contribution in [2.24, 2.45) is 4.99 Å². The lowest BCUT2D eigenvalue weighted by atomic mass is 9.88. The fraction of sp³-hybridized carbons (Fsp3) is 0.652. The molecule has 0 aliphatic carbocycles. The number of allylic oxidation sites excluding steroid dienone is 1. The Bertz CT molecular complexity index is 895. The Morgan fingerprint density at radius 2 is 2.15 bits per heavy atom. The van der Waals surface area contributed by atoms with Crippen molar-refractivity contribution in [3.8, 4) is 0 Å². The molecule has 10 heteroatoms. The molecule has 3 rings (SSSR count). The zero-order chi connectivity index (χ0) is 24.2. The molecule has 0 amide bonds. The van der Waals surface area contributed by atoms with E-state index in [1.807, 2.05) is 18.9 Å². The smallest absolute Gasteiger partial charge is 0.422 e. The maximum Gasteiger partial charge on any atom is 0.422 e. The second-order valence-corrected chi connectivity index (χ2v) is 8.86. The quantitative estimate of drug-likeness (QED) is 0.545. The molecule has 0 radical (unpaired) electrons. The van der Waals surface area contributed by atoms with Crippen LogP contribution < -0.4 is 0 Å². The van der Waals surface area contributed by atoms with Crippen molar-refractivity contribution < 1.29 is 22.6 Å². The van der Waals surface area contributed by atoms with Crippen LogP contribution in [0.4, 0.5) is 13.2 Å². The minimum absolute atomic E-state index is 0.231. The molecule has 2 aliphatic rings. The zero-order valence-electron chi connectivity index (χ0n) is 19.8. The number of nitrogens with one attached hydrogen (secondary N) is 1. The van der Waals surface area contributed by atoms with Gasteiger partial charge in [-0.25, -0.2) is 0 Å². The molecular formula is C23H34F3N5O2. The number of ether oxygens (including phenoxy) is 2. The molecule has 2 aliphatic heterocycles. The summed E-state index contributed by atoms with van der Waals surface area (Å²) in [4.78, 5) is 8.84. The third-order valence-corrected chi connectivity index (χ3v) is 6.65. The number of aromatic amines is 1. The van der Waals surface area contributed by atoms with E-state index in [1.54, 1.807) is 19.2 Å². The molecule has 1 saturated heterocycles. The van der Waals surface area contributed by atoms with Gasteiger partial charge in [-0.15, -0.1) is 0 Å². The van der Waals surface area contributed by atoms with Crippen LogP contribution in [0.5, 0.6) is 0 Å². The van der Waals surface area contributed by atoms with Crippen LogP contribution in [-0.2, 0) is 15.9 Å². The number of rotatable bonds is 9. The fourth-order valence-corrected chi connectivity index (χ4v) is 4.38. The highest BCUT2D eigenvalue weighted by atomic mass is 19.4. The number of hydrogen-bond acceptors (Lipinski definition) is 6. The predicted molar refractivity (Wildman–Crippen MR) is 122 cm³/mol. The van der Waals surface area contributed by atoms with Gasteiger partial charge in [0, 0.05) is 19.5 Å². The molecule has 184 valence electrons. The summed E-state index contributed by atoms with van der Waals surface area (Å²) in [5.41, 5.74) is 1.59. The summed E-state index contributed by atoms with van der Waals surface area (Å²) in [6, 6.07) is 0.707. The Hall–Kier alpha value is -2.49. The van der Waals surface area contributed by atoms with Crippen molar-refractivity contribution >= 4 is 12.1 Å². The minimum Gasteiger partial charge on any atom is -0.486 e. The molecule has 1 unspecified atom stereocenters. The molecule has 1 aromatic rings. The van der Waals surface area contributed by atoms with Crippen molar-refractivity contribution in [1.29, 1.82) is 0 Å². The maximum atomic E-state index is 12.9. The average molecular weight is 470 g/mol. The lowest BCUT2D eigenvalue weighted by Crippen LogP contribution is -2.46. The second kappa shape index (κ2) is 10.2. The number of likely N-dealkylation sites (N-methyl/N-ethyl adjacent to an activating group) is 2. The summed E-state index contributed by atoms with van der Waals surface area (Å²) in [6.07, 6.45) is 2.70. The van der Waals surface area contributed by atoms with Crippen molar-refractivity contribution in [1.82, 2.24) is 20.0 Å². The molecule has 7 nitrogen and oxygen atoms in total.